The van der Waals surface area contributed by atoms with Crippen LogP contribution in [0.3, 0.4) is 0 Å². The molecule has 0 amide bonds. The van der Waals surface area contributed by atoms with E-state index in [0.717, 1.165) is 32.4 Å². The van der Waals surface area contributed by atoms with E-state index < -0.39 is 0 Å². The maximum atomic E-state index is 11.2. The Labute approximate surface area is 123 Å². The predicted octanol–water partition coefficient (Wildman–Crippen LogP) is 2.03. The zero-order chi connectivity index (χ0) is 15.0. The summed E-state index contributed by atoms with van der Waals surface area (Å²) >= 11 is 0. The summed E-state index contributed by atoms with van der Waals surface area (Å²) in [7, 11) is 0. The lowest BCUT2D eigenvalue weighted by molar-refractivity contribution is -0.384. The van der Waals surface area contributed by atoms with Gasteiger partial charge in [0.05, 0.1) is 16.6 Å². The lowest BCUT2D eigenvalue weighted by atomic mass is 9.78. The number of rotatable bonds is 2. The first-order valence-electron chi connectivity index (χ1n) is 7.29. The molecule has 1 aliphatic carbocycles. The van der Waals surface area contributed by atoms with Gasteiger partial charge in [0, 0.05) is 25.2 Å². The average Bonchev–Trinajstić information content (AvgIpc) is 2.92. The Kier molecular flexibility index (Phi) is 3.52. The molecule has 2 aliphatic rings. The Morgan fingerprint density at radius 3 is 2.86 bits per heavy atom. The molecule has 1 saturated carbocycles. The van der Waals surface area contributed by atoms with Gasteiger partial charge in [0.2, 0.25) is 0 Å². The monoisotopic (exact) mass is 286 g/mol. The van der Waals surface area contributed by atoms with E-state index in [-0.39, 0.29) is 16.7 Å². The van der Waals surface area contributed by atoms with Crippen molar-refractivity contribution in [3.63, 3.8) is 0 Å². The molecule has 6 heteroatoms. The Morgan fingerprint density at radius 2 is 2.19 bits per heavy atom. The smallest absolute Gasteiger partial charge is 0.292 e. The van der Waals surface area contributed by atoms with Crippen LogP contribution in [-0.4, -0.2) is 24.1 Å². The van der Waals surface area contributed by atoms with Crippen LogP contribution in [0.25, 0.3) is 0 Å². The van der Waals surface area contributed by atoms with Crippen LogP contribution in [0, 0.1) is 33.3 Å². The maximum Gasteiger partial charge on any atom is 0.292 e. The van der Waals surface area contributed by atoms with Crippen LogP contribution in [0.15, 0.2) is 18.2 Å². The fourth-order valence-electron chi connectivity index (χ4n) is 3.71. The molecule has 1 saturated heterocycles. The molecule has 3 atom stereocenters. The summed E-state index contributed by atoms with van der Waals surface area (Å²) in [5.74, 6) is 0.920. The zero-order valence-electron chi connectivity index (χ0n) is 11.7. The highest BCUT2D eigenvalue weighted by Gasteiger charge is 2.40. The minimum Gasteiger partial charge on any atom is -0.365 e. The van der Waals surface area contributed by atoms with Gasteiger partial charge in [0.25, 0.3) is 5.69 Å². The highest BCUT2D eigenvalue weighted by atomic mass is 16.6. The van der Waals surface area contributed by atoms with E-state index in [1.54, 1.807) is 6.07 Å². The van der Waals surface area contributed by atoms with Gasteiger partial charge in [-0.1, -0.05) is 6.42 Å². The SMILES string of the molecule is N#Cc1ccc([N+](=O)[O-])c(N2CC3CCCC(N)C3C2)c1. The maximum absolute atomic E-state index is 11.2. The molecular formula is C15H18N4O2. The van der Waals surface area contributed by atoms with Crippen molar-refractivity contribution in [1.29, 1.82) is 5.26 Å². The molecule has 1 aromatic rings. The van der Waals surface area contributed by atoms with Crippen LogP contribution in [0.1, 0.15) is 24.8 Å². The number of nitro groups is 1. The van der Waals surface area contributed by atoms with Crippen molar-refractivity contribution in [2.24, 2.45) is 17.6 Å². The molecule has 1 heterocycles. The van der Waals surface area contributed by atoms with Crippen LogP contribution in [0.2, 0.25) is 0 Å². The van der Waals surface area contributed by atoms with Crippen LogP contribution < -0.4 is 10.6 Å². The lowest BCUT2D eigenvalue weighted by Gasteiger charge is -2.29. The molecule has 1 aliphatic heterocycles. The van der Waals surface area contributed by atoms with Crippen LogP contribution in [0.5, 0.6) is 0 Å². The van der Waals surface area contributed by atoms with E-state index in [0.29, 0.717) is 23.1 Å². The van der Waals surface area contributed by atoms with Crippen LogP contribution >= 0.6 is 0 Å². The second-order valence-corrected chi connectivity index (χ2v) is 6.00. The van der Waals surface area contributed by atoms with E-state index in [1.807, 2.05) is 4.90 Å². The van der Waals surface area contributed by atoms with Crippen molar-refractivity contribution in [3.05, 3.63) is 33.9 Å². The third kappa shape index (κ3) is 2.45. The second kappa shape index (κ2) is 5.34. The Bertz CT molecular complexity index is 610. The predicted molar refractivity (Wildman–Crippen MR) is 78.8 cm³/mol. The zero-order valence-corrected chi connectivity index (χ0v) is 11.7. The number of benzene rings is 1. The number of hydrogen-bond acceptors (Lipinski definition) is 5. The van der Waals surface area contributed by atoms with Gasteiger partial charge < -0.3 is 10.6 Å². The summed E-state index contributed by atoms with van der Waals surface area (Å²) in [5.41, 5.74) is 7.28. The topological polar surface area (TPSA) is 96.2 Å². The summed E-state index contributed by atoms with van der Waals surface area (Å²) in [5, 5.41) is 20.3. The molecule has 21 heavy (non-hydrogen) atoms. The molecule has 3 unspecified atom stereocenters. The van der Waals surface area contributed by atoms with Gasteiger partial charge in [-0.2, -0.15) is 5.26 Å². The van der Waals surface area contributed by atoms with Crippen molar-refractivity contribution in [3.8, 4) is 6.07 Å². The van der Waals surface area contributed by atoms with Gasteiger partial charge in [-0.15, -0.1) is 0 Å². The number of fused-ring (bicyclic) bond motifs is 1. The first kappa shape index (κ1) is 13.8. The molecule has 3 rings (SSSR count). The number of nitro benzene ring substituents is 1. The first-order valence-corrected chi connectivity index (χ1v) is 7.29. The highest BCUT2D eigenvalue weighted by Crippen LogP contribution is 2.40. The minimum absolute atomic E-state index is 0.0706. The average molecular weight is 286 g/mol. The quantitative estimate of drug-likeness (QED) is 0.662. The van der Waals surface area contributed by atoms with Crippen molar-refractivity contribution < 1.29 is 4.92 Å². The number of anilines is 1. The van der Waals surface area contributed by atoms with E-state index in [1.165, 1.54) is 12.1 Å². The molecular weight excluding hydrogens is 268 g/mol. The Balaban J connectivity index is 1.93. The fourth-order valence-corrected chi connectivity index (χ4v) is 3.71. The number of nitrogens with zero attached hydrogens (tertiary/aromatic N) is 3. The molecule has 110 valence electrons. The van der Waals surface area contributed by atoms with E-state index in [4.69, 9.17) is 11.0 Å². The molecule has 0 spiro atoms. The molecule has 0 aromatic heterocycles. The largest absolute Gasteiger partial charge is 0.365 e. The second-order valence-electron chi connectivity index (χ2n) is 6.00. The molecule has 6 nitrogen and oxygen atoms in total. The number of nitriles is 1. The van der Waals surface area contributed by atoms with E-state index in [2.05, 4.69) is 6.07 Å². The van der Waals surface area contributed by atoms with Crippen molar-refractivity contribution >= 4 is 11.4 Å². The van der Waals surface area contributed by atoms with Gasteiger partial charge in [-0.3, -0.25) is 10.1 Å². The van der Waals surface area contributed by atoms with Gasteiger partial charge in [0.1, 0.15) is 5.69 Å². The summed E-state index contributed by atoms with van der Waals surface area (Å²) in [4.78, 5) is 12.9. The third-order valence-electron chi connectivity index (χ3n) is 4.80. The molecule has 2 N–H and O–H groups in total. The number of nitrogens with two attached hydrogens (primary N) is 1. The summed E-state index contributed by atoms with van der Waals surface area (Å²) in [6, 6.07) is 6.79. The fraction of sp³-hybridized carbons (Fsp3) is 0.533. The molecule has 0 radical (unpaired) electrons. The van der Waals surface area contributed by atoms with Gasteiger partial charge >= 0.3 is 0 Å². The normalized spacial score (nSPS) is 28.0. The Morgan fingerprint density at radius 1 is 1.38 bits per heavy atom. The molecule has 1 aromatic carbocycles. The van der Waals surface area contributed by atoms with Gasteiger partial charge in [-0.25, -0.2) is 0 Å². The van der Waals surface area contributed by atoms with Gasteiger partial charge in [-0.05, 0) is 36.8 Å². The van der Waals surface area contributed by atoms with Gasteiger partial charge in [0.15, 0.2) is 0 Å². The van der Waals surface area contributed by atoms with Crippen LogP contribution in [-0.2, 0) is 0 Å². The van der Waals surface area contributed by atoms with Crippen LogP contribution in [0.4, 0.5) is 11.4 Å². The lowest BCUT2D eigenvalue weighted by Crippen LogP contribution is -2.38. The standard InChI is InChI=1S/C15H18N4O2/c16-7-10-4-5-14(19(20)21)15(6-10)18-8-11-2-1-3-13(17)12(11)9-18/h4-6,11-13H,1-3,8-9,17H2. The molecule has 0 bridgehead atoms. The first-order chi connectivity index (χ1) is 10.1. The number of hydrogen-bond donors (Lipinski definition) is 1. The molecule has 2 fully saturated rings. The Hall–Kier alpha value is -2.13. The summed E-state index contributed by atoms with van der Waals surface area (Å²) < 4.78 is 0. The van der Waals surface area contributed by atoms with Crippen molar-refractivity contribution in [1.82, 2.24) is 0 Å². The van der Waals surface area contributed by atoms with E-state index >= 15 is 0 Å². The highest BCUT2D eigenvalue weighted by molar-refractivity contribution is 5.66. The summed E-state index contributed by atoms with van der Waals surface area (Å²) in [6.07, 6.45) is 3.31. The van der Waals surface area contributed by atoms with Crippen molar-refractivity contribution in [2.45, 2.75) is 25.3 Å². The minimum atomic E-state index is -0.377. The third-order valence-corrected chi connectivity index (χ3v) is 4.80. The van der Waals surface area contributed by atoms with E-state index in [9.17, 15) is 10.1 Å². The summed E-state index contributed by atoms with van der Waals surface area (Å²) in [6.45, 7) is 1.55. The van der Waals surface area contributed by atoms with Crippen molar-refractivity contribution in [2.75, 3.05) is 18.0 Å².